The number of nitrogens with one attached hydrogen (secondary N) is 1. The van der Waals surface area contributed by atoms with Crippen LogP contribution in [0.1, 0.15) is 21.6 Å². The molecule has 0 atom stereocenters. The molecule has 1 aliphatic heterocycles. The number of halogens is 1. The Morgan fingerprint density at radius 2 is 1.96 bits per heavy atom. The highest BCUT2D eigenvalue weighted by molar-refractivity contribution is 6.31. The predicted molar refractivity (Wildman–Crippen MR) is 106 cm³/mol. The van der Waals surface area contributed by atoms with Crippen molar-refractivity contribution >= 4 is 34.6 Å². The van der Waals surface area contributed by atoms with Crippen molar-refractivity contribution < 1.29 is 4.79 Å². The molecule has 0 radical (unpaired) electrons. The zero-order chi connectivity index (χ0) is 18.1. The lowest BCUT2D eigenvalue weighted by Crippen LogP contribution is -2.16. The third-order valence-electron chi connectivity index (χ3n) is 4.70. The zero-order valence-electron chi connectivity index (χ0n) is 14.4. The number of hydrogen-bond acceptors (Lipinski definition) is 3. The standard InChI is InChI=1S/C21H18ClN3O/c1-14-17(22)6-4-7-18(14)24-21(26)19-10-9-16(13-23-19)25-12-11-15-5-2-3-8-20(15)25/h2-10,13H,11-12H2,1H3,(H,24,26). The number of carbonyl (C=O) groups is 1. The van der Waals surface area contributed by atoms with Crippen LogP contribution >= 0.6 is 11.6 Å². The van der Waals surface area contributed by atoms with Gasteiger partial charge in [-0.15, -0.1) is 0 Å². The van der Waals surface area contributed by atoms with Crippen LogP contribution in [0.15, 0.2) is 60.8 Å². The highest BCUT2D eigenvalue weighted by Crippen LogP contribution is 2.33. The largest absolute Gasteiger partial charge is 0.340 e. The van der Waals surface area contributed by atoms with Gasteiger partial charge in [0.05, 0.1) is 11.9 Å². The lowest BCUT2D eigenvalue weighted by atomic mass is 10.2. The summed E-state index contributed by atoms with van der Waals surface area (Å²) in [5.74, 6) is -0.247. The summed E-state index contributed by atoms with van der Waals surface area (Å²) in [6.45, 7) is 2.80. The van der Waals surface area contributed by atoms with E-state index in [1.807, 2.05) is 31.2 Å². The van der Waals surface area contributed by atoms with Crippen LogP contribution in [0.3, 0.4) is 0 Å². The van der Waals surface area contributed by atoms with Gasteiger partial charge in [0.1, 0.15) is 5.69 Å². The van der Waals surface area contributed by atoms with Crippen LogP contribution in [0.2, 0.25) is 5.02 Å². The Balaban J connectivity index is 1.53. The van der Waals surface area contributed by atoms with Crippen molar-refractivity contribution in [3.8, 4) is 0 Å². The molecule has 0 spiro atoms. The molecular formula is C21H18ClN3O. The van der Waals surface area contributed by atoms with E-state index in [1.54, 1.807) is 18.3 Å². The molecule has 0 saturated carbocycles. The monoisotopic (exact) mass is 363 g/mol. The maximum absolute atomic E-state index is 12.5. The molecule has 1 amide bonds. The number of carbonyl (C=O) groups excluding carboxylic acids is 1. The fourth-order valence-electron chi connectivity index (χ4n) is 3.22. The van der Waals surface area contributed by atoms with Gasteiger partial charge < -0.3 is 10.2 Å². The van der Waals surface area contributed by atoms with Crippen molar-refractivity contribution in [1.29, 1.82) is 0 Å². The van der Waals surface area contributed by atoms with Gasteiger partial charge in [0.2, 0.25) is 0 Å². The average molecular weight is 364 g/mol. The first kappa shape index (κ1) is 16.6. The lowest BCUT2D eigenvalue weighted by Gasteiger charge is -2.19. The highest BCUT2D eigenvalue weighted by atomic mass is 35.5. The molecule has 3 aromatic rings. The number of hydrogen-bond donors (Lipinski definition) is 1. The quantitative estimate of drug-likeness (QED) is 0.713. The number of nitrogens with zero attached hydrogens (tertiary/aromatic N) is 2. The third kappa shape index (κ3) is 3.04. The molecule has 0 unspecified atom stereocenters. The molecule has 1 N–H and O–H groups in total. The SMILES string of the molecule is Cc1c(Cl)cccc1NC(=O)c1ccc(N2CCc3ccccc32)cn1. The molecule has 1 aliphatic rings. The van der Waals surface area contributed by atoms with Crippen LogP contribution in [-0.4, -0.2) is 17.4 Å². The van der Waals surface area contributed by atoms with Crippen LogP contribution in [0, 0.1) is 6.92 Å². The van der Waals surface area contributed by atoms with E-state index in [4.69, 9.17) is 11.6 Å². The van der Waals surface area contributed by atoms with Gasteiger partial charge in [-0.25, -0.2) is 4.98 Å². The van der Waals surface area contributed by atoms with E-state index < -0.39 is 0 Å². The maximum atomic E-state index is 12.5. The normalized spacial score (nSPS) is 12.8. The van der Waals surface area contributed by atoms with Gasteiger partial charge in [0, 0.05) is 22.9 Å². The van der Waals surface area contributed by atoms with Crippen LogP contribution in [0.5, 0.6) is 0 Å². The number of rotatable bonds is 3. The Morgan fingerprint density at radius 3 is 2.77 bits per heavy atom. The van der Waals surface area contributed by atoms with Crippen molar-refractivity contribution in [2.75, 3.05) is 16.8 Å². The molecule has 5 heteroatoms. The first-order valence-corrected chi connectivity index (χ1v) is 8.89. The number of para-hydroxylation sites is 1. The molecule has 26 heavy (non-hydrogen) atoms. The summed E-state index contributed by atoms with van der Waals surface area (Å²) in [5.41, 5.74) is 5.45. The van der Waals surface area contributed by atoms with Gasteiger partial charge in [0.25, 0.3) is 5.91 Å². The number of amides is 1. The molecule has 4 nitrogen and oxygen atoms in total. The minimum atomic E-state index is -0.247. The van der Waals surface area contributed by atoms with Crippen molar-refractivity contribution in [3.63, 3.8) is 0 Å². The Bertz CT molecular complexity index is 969. The summed E-state index contributed by atoms with van der Waals surface area (Å²) in [6.07, 6.45) is 2.77. The lowest BCUT2D eigenvalue weighted by molar-refractivity contribution is 0.102. The first-order valence-electron chi connectivity index (χ1n) is 8.51. The van der Waals surface area contributed by atoms with Gasteiger partial charge in [0.15, 0.2) is 0 Å². The average Bonchev–Trinajstić information content (AvgIpc) is 3.10. The maximum Gasteiger partial charge on any atom is 0.274 e. The summed E-state index contributed by atoms with van der Waals surface area (Å²) < 4.78 is 0. The number of anilines is 3. The minimum absolute atomic E-state index is 0.247. The third-order valence-corrected chi connectivity index (χ3v) is 5.10. The number of pyridine rings is 1. The summed E-state index contributed by atoms with van der Waals surface area (Å²) in [5, 5.41) is 3.50. The smallest absolute Gasteiger partial charge is 0.274 e. The van der Waals surface area contributed by atoms with E-state index >= 15 is 0 Å². The van der Waals surface area contributed by atoms with Crippen molar-refractivity contribution in [1.82, 2.24) is 4.98 Å². The summed E-state index contributed by atoms with van der Waals surface area (Å²) in [6, 6.07) is 17.5. The Kier molecular flexibility index (Phi) is 4.35. The minimum Gasteiger partial charge on any atom is -0.340 e. The molecule has 0 aliphatic carbocycles. The Morgan fingerprint density at radius 1 is 1.12 bits per heavy atom. The fourth-order valence-corrected chi connectivity index (χ4v) is 3.39. The van der Waals surface area contributed by atoms with Gasteiger partial charge in [-0.3, -0.25) is 4.79 Å². The summed E-state index contributed by atoms with van der Waals surface area (Å²) in [7, 11) is 0. The van der Waals surface area contributed by atoms with Gasteiger partial charge in [-0.05, 0) is 54.8 Å². The van der Waals surface area contributed by atoms with Gasteiger partial charge >= 0.3 is 0 Å². The number of fused-ring (bicyclic) bond motifs is 1. The Hall–Kier alpha value is -2.85. The van der Waals surface area contributed by atoms with Crippen LogP contribution in [0.25, 0.3) is 0 Å². The summed E-state index contributed by atoms with van der Waals surface area (Å²) >= 11 is 6.11. The molecule has 0 saturated heterocycles. The van der Waals surface area contributed by atoms with Gasteiger partial charge in [-0.1, -0.05) is 35.9 Å². The number of aromatic nitrogens is 1. The first-order chi connectivity index (χ1) is 12.6. The van der Waals surface area contributed by atoms with E-state index in [0.29, 0.717) is 16.4 Å². The second-order valence-corrected chi connectivity index (χ2v) is 6.71. The zero-order valence-corrected chi connectivity index (χ0v) is 15.1. The van der Waals surface area contributed by atoms with Crippen LogP contribution < -0.4 is 10.2 Å². The summed E-state index contributed by atoms with van der Waals surface area (Å²) in [4.78, 5) is 19.1. The molecule has 1 aromatic heterocycles. The number of benzene rings is 2. The van der Waals surface area contributed by atoms with Crippen LogP contribution in [0.4, 0.5) is 17.1 Å². The van der Waals surface area contributed by atoms with E-state index in [2.05, 4.69) is 33.4 Å². The molecule has 4 rings (SSSR count). The molecular weight excluding hydrogens is 346 g/mol. The van der Waals surface area contributed by atoms with Crippen molar-refractivity contribution in [3.05, 3.63) is 82.6 Å². The Labute approximate surface area is 157 Å². The molecule has 0 bridgehead atoms. The topological polar surface area (TPSA) is 45.2 Å². The molecule has 0 fully saturated rings. The van der Waals surface area contributed by atoms with Crippen molar-refractivity contribution in [2.45, 2.75) is 13.3 Å². The van der Waals surface area contributed by atoms with E-state index in [1.165, 1.54) is 11.3 Å². The molecule has 2 aromatic carbocycles. The van der Waals surface area contributed by atoms with Crippen LogP contribution in [-0.2, 0) is 6.42 Å². The fraction of sp³-hybridized carbons (Fsp3) is 0.143. The van der Waals surface area contributed by atoms with Gasteiger partial charge in [-0.2, -0.15) is 0 Å². The second kappa shape index (κ2) is 6.81. The van der Waals surface area contributed by atoms with E-state index in [-0.39, 0.29) is 5.91 Å². The van der Waals surface area contributed by atoms with E-state index in [9.17, 15) is 4.79 Å². The molecule has 130 valence electrons. The highest BCUT2D eigenvalue weighted by Gasteiger charge is 2.20. The second-order valence-electron chi connectivity index (χ2n) is 6.30. The van der Waals surface area contributed by atoms with E-state index in [0.717, 1.165) is 24.2 Å². The predicted octanol–water partition coefficient (Wildman–Crippen LogP) is 4.99. The van der Waals surface area contributed by atoms with Crippen molar-refractivity contribution in [2.24, 2.45) is 0 Å². The molecule has 2 heterocycles.